The van der Waals surface area contributed by atoms with E-state index in [4.69, 9.17) is 5.73 Å². The Morgan fingerprint density at radius 2 is 1.77 bits per heavy atom. The van der Waals surface area contributed by atoms with Gasteiger partial charge in [0, 0.05) is 29.3 Å². The third-order valence-corrected chi connectivity index (χ3v) is 9.37. The third kappa shape index (κ3) is 4.56. The third-order valence-electron chi connectivity index (χ3n) is 9.37. The lowest BCUT2D eigenvalue weighted by molar-refractivity contribution is -0.0493. The van der Waals surface area contributed by atoms with Gasteiger partial charge in [-0.1, -0.05) is 17.3 Å². The highest BCUT2D eigenvalue weighted by Crippen LogP contribution is 2.41. The van der Waals surface area contributed by atoms with Crippen LogP contribution in [0.5, 0.6) is 0 Å². The average Bonchev–Trinajstić information content (AvgIpc) is 3.50. The fourth-order valence-corrected chi connectivity index (χ4v) is 7.02. The minimum Gasteiger partial charge on any atom is -0.388 e. The zero-order valence-electron chi connectivity index (χ0n) is 23.2. The molecule has 0 spiro atoms. The molecule has 1 saturated carbocycles. The van der Waals surface area contributed by atoms with Gasteiger partial charge in [-0.05, 0) is 92.0 Å². The number of carbonyl (C=O) groups is 1. The van der Waals surface area contributed by atoms with Crippen molar-refractivity contribution in [3.63, 3.8) is 0 Å². The summed E-state index contributed by atoms with van der Waals surface area (Å²) in [6.07, 6.45) is 5.10. The fourth-order valence-electron chi connectivity index (χ4n) is 7.02. The Labute approximate surface area is 245 Å². The number of halogens is 3. The standard InChI is InChI=1S/C32H29F3N6O2/c33-26-11-17(2-3-19(26)15-36)24-10-18(31(42)41-21-5-6-22(41)13-20(37)12-21)4-7-23(24)25-14-27-30(29(35)28(25)34)40(39-38-27)16-32(43)8-1-9-32/h2-4,7,10-11,14,20-22,43H,1,5-6,8-9,12-13,16,37H2. The summed E-state index contributed by atoms with van der Waals surface area (Å²) in [7, 11) is 0. The van der Waals surface area contributed by atoms with Crippen molar-refractivity contribution in [3.8, 4) is 28.3 Å². The Kier molecular flexibility index (Phi) is 6.52. The van der Waals surface area contributed by atoms with E-state index in [1.54, 1.807) is 18.2 Å². The first kappa shape index (κ1) is 27.6. The maximum atomic E-state index is 15.9. The van der Waals surface area contributed by atoms with Crippen LogP contribution in [0.15, 0.2) is 42.5 Å². The van der Waals surface area contributed by atoms with Crippen LogP contribution >= 0.6 is 0 Å². The second-order valence-electron chi connectivity index (χ2n) is 12.1. The van der Waals surface area contributed by atoms with Gasteiger partial charge in [0.25, 0.3) is 5.91 Å². The van der Waals surface area contributed by atoms with E-state index in [-0.39, 0.29) is 58.3 Å². The van der Waals surface area contributed by atoms with E-state index in [2.05, 4.69) is 10.3 Å². The first-order valence-corrected chi connectivity index (χ1v) is 14.5. The van der Waals surface area contributed by atoms with Crippen molar-refractivity contribution in [1.82, 2.24) is 19.9 Å². The number of hydrogen-bond acceptors (Lipinski definition) is 6. The van der Waals surface area contributed by atoms with Crippen molar-refractivity contribution < 1.29 is 23.1 Å². The molecular weight excluding hydrogens is 557 g/mol. The van der Waals surface area contributed by atoms with Crippen LogP contribution in [0, 0.1) is 28.8 Å². The number of fused-ring (bicyclic) bond motifs is 3. The highest BCUT2D eigenvalue weighted by Gasteiger charge is 2.42. The van der Waals surface area contributed by atoms with Gasteiger partial charge in [-0.25, -0.2) is 17.9 Å². The van der Waals surface area contributed by atoms with Crippen LogP contribution in [0.1, 0.15) is 60.9 Å². The van der Waals surface area contributed by atoms with Gasteiger partial charge in [-0.3, -0.25) is 4.79 Å². The predicted molar refractivity (Wildman–Crippen MR) is 152 cm³/mol. The minimum absolute atomic E-state index is 0.00479. The summed E-state index contributed by atoms with van der Waals surface area (Å²) in [4.78, 5) is 15.7. The number of nitrogens with zero attached hydrogens (tertiary/aromatic N) is 5. The summed E-state index contributed by atoms with van der Waals surface area (Å²) in [6, 6.07) is 11.9. The Bertz CT molecular complexity index is 1810. The zero-order valence-corrected chi connectivity index (χ0v) is 23.2. The summed E-state index contributed by atoms with van der Waals surface area (Å²) in [5, 5.41) is 27.9. The Balaban J connectivity index is 1.35. The van der Waals surface area contributed by atoms with Gasteiger partial charge in [0.1, 0.15) is 22.9 Å². The zero-order chi connectivity index (χ0) is 30.0. The lowest BCUT2D eigenvalue weighted by atomic mass is 9.80. The molecule has 3 N–H and O–H groups in total. The predicted octanol–water partition coefficient (Wildman–Crippen LogP) is 5.06. The molecule has 1 aromatic heterocycles. The molecule has 3 fully saturated rings. The normalized spacial score (nSPS) is 22.4. The molecule has 11 heteroatoms. The molecular formula is C32H29F3N6O2. The number of rotatable bonds is 5. The van der Waals surface area contributed by atoms with E-state index in [0.717, 1.165) is 38.2 Å². The average molecular weight is 587 g/mol. The number of amides is 1. The summed E-state index contributed by atoms with van der Waals surface area (Å²) in [5.74, 6) is -3.29. The first-order valence-electron chi connectivity index (χ1n) is 14.5. The van der Waals surface area contributed by atoms with Crippen LogP contribution in [0.25, 0.3) is 33.3 Å². The molecule has 4 aromatic rings. The molecule has 2 bridgehead atoms. The van der Waals surface area contributed by atoms with Crippen LogP contribution in [-0.2, 0) is 6.54 Å². The number of piperidine rings is 1. The maximum absolute atomic E-state index is 15.9. The number of aromatic nitrogens is 3. The van der Waals surface area contributed by atoms with E-state index >= 15 is 8.78 Å². The fraction of sp³-hybridized carbons (Fsp3) is 0.375. The first-order chi connectivity index (χ1) is 20.7. The van der Waals surface area contributed by atoms with Gasteiger partial charge in [0.05, 0.1) is 17.7 Å². The molecule has 2 unspecified atom stereocenters. The highest BCUT2D eigenvalue weighted by atomic mass is 19.2. The molecule has 2 saturated heterocycles. The maximum Gasteiger partial charge on any atom is 0.254 e. The van der Waals surface area contributed by atoms with Crippen LogP contribution in [-0.4, -0.2) is 54.6 Å². The number of nitriles is 1. The lowest BCUT2D eigenvalue weighted by Gasteiger charge is -2.38. The van der Waals surface area contributed by atoms with Gasteiger partial charge in [0.15, 0.2) is 11.6 Å². The lowest BCUT2D eigenvalue weighted by Crippen LogP contribution is -2.50. The van der Waals surface area contributed by atoms with E-state index in [9.17, 15) is 19.6 Å². The molecule has 3 heterocycles. The topological polar surface area (TPSA) is 121 Å². The number of aliphatic hydroxyl groups is 1. The Hall–Kier alpha value is -4.27. The SMILES string of the molecule is N#Cc1ccc(-c2cc(C(=O)N3C4CCC3CC(N)C4)ccc2-c2cc3nnn(CC4(O)CCC4)c3c(F)c2F)cc1F. The molecule has 43 heavy (non-hydrogen) atoms. The van der Waals surface area contributed by atoms with Crippen LogP contribution in [0.2, 0.25) is 0 Å². The van der Waals surface area contributed by atoms with Crippen molar-refractivity contribution in [2.45, 2.75) is 75.2 Å². The quantitative estimate of drug-likeness (QED) is 0.337. The molecule has 1 amide bonds. The number of hydrogen-bond donors (Lipinski definition) is 2. The molecule has 2 aliphatic heterocycles. The Morgan fingerprint density at radius 1 is 1.02 bits per heavy atom. The summed E-state index contributed by atoms with van der Waals surface area (Å²) in [5.41, 5.74) is 5.94. The van der Waals surface area contributed by atoms with Gasteiger partial charge >= 0.3 is 0 Å². The molecule has 8 nitrogen and oxygen atoms in total. The number of benzene rings is 3. The monoisotopic (exact) mass is 586 g/mol. The van der Waals surface area contributed by atoms with E-state index < -0.39 is 23.1 Å². The van der Waals surface area contributed by atoms with Gasteiger partial charge < -0.3 is 15.7 Å². The molecule has 3 aliphatic rings. The number of carbonyl (C=O) groups excluding carboxylic acids is 1. The van der Waals surface area contributed by atoms with Gasteiger partial charge in [0.2, 0.25) is 0 Å². The summed E-state index contributed by atoms with van der Waals surface area (Å²) in [6.45, 7) is -0.00479. The van der Waals surface area contributed by atoms with Crippen molar-refractivity contribution in [3.05, 3.63) is 71.0 Å². The molecule has 3 aromatic carbocycles. The molecule has 220 valence electrons. The van der Waals surface area contributed by atoms with Crippen molar-refractivity contribution in [1.29, 1.82) is 5.26 Å². The summed E-state index contributed by atoms with van der Waals surface area (Å²) < 4.78 is 47.6. The molecule has 1 aliphatic carbocycles. The van der Waals surface area contributed by atoms with E-state index in [1.807, 2.05) is 4.90 Å². The van der Waals surface area contributed by atoms with Crippen LogP contribution in [0.4, 0.5) is 13.2 Å². The molecule has 2 atom stereocenters. The molecule has 7 rings (SSSR count). The smallest absolute Gasteiger partial charge is 0.254 e. The second kappa shape index (κ2) is 10.2. The summed E-state index contributed by atoms with van der Waals surface area (Å²) >= 11 is 0. The molecule has 0 radical (unpaired) electrons. The largest absolute Gasteiger partial charge is 0.388 e. The van der Waals surface area contributed by atoms with Crippen molar-refractivity contribution in [2.75, 3.05) is 0 Å². The number of nitrogens with two attached hydrogens (primary N) is 1. The van der Waals surface area contributed by atoms with Crippen molar-refractivity contribution >= 4 is 16.9 Å². The van der Waals surface area contributed by atoms with E-state index in [0.29, 0.717) is 29.5 Å². The van der Waals surface area contributed by atoms with Crippen molar-refractivity contribution in [2.24, 2.45) is 5.73 Å². The Morgan fingerprint density at radius 3 is 2.42 bits per heavy atom. The van der Waals surface area contributed by atoms with Gasteiger partial charge in [-0.15, -0.1) is 5.10 Å². The minimum atomic E-state index is -1.17. The van der Waals surface area contributed by atoms with E-state index in [1.165, 1.54) is 28.9 Å². The second-order valence-corrected chi connectivity index (χ2v) is 12.1. The highest BCUT2D eigenvalue weighted by molar-refractivity contribution is 5.99. The van der Waals surface area contributed by atoms with Crippen LogP contribution in [0.3, 0.4) is 0 Å². The van der Waals surface area contributed by atoms with Crippen LogP contribution < -0.4 is 5.73 Å². The van der Waals surface area contributed by atoms with Gasteiger partial charge in [-0.2, -0.15) is 5.26 Å².